The number of esters is 1. The molecule has 1 aromatic carbocycles. The molecule has 0 aliphatic rings. The average molecular weight is 378 g/mol. The maximum absolute atomic E-state index is 12.1. The third kappa shape index (κ3) is 9.39. The summed E-state index contributed by atoms with van der Waals surface area (Å²) in [6.45, 7) is 4.34. The summed E-state index contributed by atoms with van der Waals surface area (Å²) in [5.41, 5.74) is 0.469. The van der Waals surface area contributed by atoms with Gasteiger partial charge in [-0.2, -0.15) is 0 Å². The molecule has 0 radical (unpaired) electrons. The van der Waals surface area contributed by atoms with Crippen molar-refractivity contribution in [3.05, 3.63) is 29.8 Å². The Balaban J connectivity index is 2.29. The molecule has 8 heteroatoms. The van der Waals surface area contributed by atoms with Crippen molar-refractivity contribution in [1.82, 2.24) is 10.6 Å². The molecule has 3 amide bonds. The number of ether oxygens (including phenoxy) is 2. The SMILES string of the molecule is CCCNC(=O)NC(=O)COC(=O)CCC(=O)c1ccc(OCCC)cc1. The molecule has 0 fully saturated rings. The lowest BCUT2D eigenvalue weighted by Gasteiger charge is -2.07. The molecule has 0 spiro atoms. The second-order valence-corrected chi connectivity index (χ2v) is 5.76. The number of carbonyl (C=O) groups excluding carboxylic acids is 4. The number of hydrogen-bond acceptors (Lipinski definition) is 6. The van der Waals surface area contributed by atoms with Gasteiger partial charge >= 0.3 is 12.0 Å². The molecule has 1 rings (SSSR count). The lowest BCUT2D eigenvalue weighted by molar-refractivity contribution is -0.148. The van der Waals surface area contributed by atoms with Crippen LogP contribution in [0.4, 0.5) is 4.79 Å². The van der Waals surface area contributed by atoms with Crippen LogP contribution in [-0.2, 0) is 14.3 Å². The molecule has 0 saturated heterocycles. The third-order valence-electron chi connectivity index (χ3n) is 3.36. The van der Waals surface area contributed by atoms with Crippen molar-refractivity contribution >= 4 is 23.7 Å². The number of carbonyl (C=O) groups is 4. The van der Waals surface area contributed by atoms with Crippen molar-refractivity contribution in [3.8, 4) is 5.75 Å². The molecule has 0 saturated carbocycles. The van der Waals surface area contributed by atoms with Crippen LogP contribution in [0.25, 0.3) is 0 Å². The molecule has 0 aliphatic heterocycles. The number of imide groups is 1. The minimum Gasteiger partial charge on any atom is -0.494 e. The Kier molecular flexibility index (Phi) is 10.2. The Bertz CT molecular complexity index is 642. The van der Waals surface area contributed by atoms with E-state index in [9.17, 15) is 19.2 Å². The van der Waals surface area contributed by atoms with Gasteiger partial charge in [-0.3, -0.25) is 19.7 Å². The maximum atomic E-state index is 12.1. The first-order valence-electron chi connectivity index (χ1n) is 8.95. The Labute approximate surface area is 158 Å². The summed E-state index contributed by atoms with van der Waals surface area (Å²) in [5, 5.41) is 4.49. The van der Waals surface area contributed by atoms with Crippen LogP contribution in [-0.4, -0.2) is 43.4 Å². The third-order valence-corrected chi connectivity index (χ3v) is 3.36. The number of ketones is 1. The summed E-state index contributed by atoms with van der Waals surface area (Å²) >= 11 is 0. The summed E-state index contributed by atoms with van der Waals surface area (Å²) < 4.78 is 10.2. The van der Waals surface area contributed by atoms with E-state index in [1.165, 1.54) is 0 Å². The number of hydrogen-bond donors (Lipinski definition) is 2. The highest BCUT2D eigenvalue weighted by molar-refractivity contribution is 5.98. The second kappa shape index (κ2) is 12.5. The average Bonchev–Trinajstić information content (AvgIpc) is 2.67. The molecule has 0 aliphatic carbocycles. The van der Waals surface area contributed by atoms with Crippen LogP contribution >= 0.6 is 0 Å². The molecule has 8 nitrogen and oxygen atoms in total. The Morgan fingerprint density at radius 3 is 2.30 bits per heavy atom. The Morgan fingerprint density at radius 1 is 0.963 bits per heavy atom. The second-order valence-electron chi connectivity index (χ2n) is 5.76. The molecule has 148 valence electrons. The quantitative estimate of drug-likeness (QED) is 0.451. The smallest absolute Gasteiger partial charge is 0.321 e. The van der Waals surface area contributed by atoms with Gasteiger partial charge in [-0.1, -0.05) is 13.8 Å². The van der Waals surface area contributed by atoms with E-state index >= 15 is 0 Å². The van der Waals surface area contributed by atoms with Crippen LogP contribution < -0.4 is 15.4 Å². The van der Waals surface area contributed by atoms with Crippen LogP contribution in [0.15, 0.2) is 24.3 Å². The molecular formula is C19H26N2O6. The normalized spacial score (nSPS) is 10.0. The minimum absolute atomic E-state index is 0.0351. The summed E-state index contributed by atoms with van der Waals surface area (Å²) in [6.07, 6.45) is 1.44. The number of urea groups is 1. The fourth-order valence-electron chi connectivity index (χ4n) is 1.98. The van der Waals surface area contributed by atoms with E-state index in [0.717, 1.165) is 12.8 Å². The van der Waals surface area contributed by atoms with Gasteiger partial charge < -0.3 is 14.8 Å². The molecule has 0 unspecified atom stereocenters. The molecule has 0 atom stereocenters. The van der Waals surface area contributed by atoms with Crippen LogP contribution in [0, 0.1) is 0 Å². The summed E-state index contributed by atoms with van der Waals surface area (Å²) in [4.78, 5) is 46.4. The zero-order valence-corrected chi connectivity index (χ0v) is 15.7. The fourth-order valence-corrected chi connectivity index (χ4v) is 1.98. The predicted octanol–water partition coefficient (Wildman–Crippen LogP) is 2.22. The van der Waals surface area contributed by atoms with E-state index in [-0.39, 0.29) is 18.6 Å². The van der Waals surface area contributed by atoms with E-state index in [1.807, 2.05) is 19.2 Å². The maximum Gasteiger partial charge on any atom is 0.321 e. The first-order chi connectivity index (χ1) is 13.0. The first-order valence-corrected chi connectivity index (χ1v) is 8.95. The van der Waals surface area contributed by atoms with Crippen molar-refractivity contribution in [2.24, 2.45) is 0 Å². The van der Waals surface area contributed by atoms with E-state index in [2.05, 4.69) is 5.32 Å². The van der Waals surface area contributed by atoms with Gasteiger partial charge in [0.15, 0.2) is 12.4 Å². The van der Waals surface area contributed by atoms with Gasteiger partial charge in [-0.15, -0.1) is 0 Å². The molecular weight excluding hydrogens is 352 g/mol. The molecule has 1 aromatic rings. The van der Waals surface area contributed by atoms with Gasteiger partial charge in [0.2, 0.25) is 0 Å². The molecule has 0 bridgehead atoms. The van der Waals surface area contributed by atoms with E-state index < -0.39 is 24.5 Å². The van der Waals surface area contributed by atoms with Crippen molar-refractivity contribution in [3.63, 3.8) is 0 Å². The molecule has 0 aromatic heterocycles. The number of benzene rings is 1. The van der Waals surface area contributed by atoms with Crippen LogP contribution in [0.2, 0.25) is 0 Å². The van der Waals surface area contributed by atoms with Gasteiger partial charge in [-0.25, -0.2) is 4.79 Å². The number of nitrogens with one attached hydrogen (secondary N) is 2. The molecule has 2 N–H and O–H groups in total. The molecule has 0 heterocycles. The van der Waals surface area contributed by atoms with Gasteiger partial charge in [0.1, 0.15) is 5.75 Å². The van der Waals surface area contributed by atoms with Gasteiger partial charge in [0, 0.05) is 18.5 Å². The Morgan fingerprint density at radius 2 is 1.67 bits per heavy atom. The largest absolute Gasteiger partial charge is 0.494 e. The summed E-state index contributed by atoms with van der Waals surface area (Å²) in [5.74, 6) is -0.944. The Hall–Kier alpha value is -2.90. The monoisotopic (exact) mass is 378 g/mol. The highest BCUT2D eigenvalue weighted by Crippen LogP contribution is 2.14. The van der Waals surface area contributed by atoms with E-state index in [4.69, 9.17) is 9.47 Å². The standard InChI is InChI=1S/C19H26N2O6/c1-3-11-20-19(25)21-17(23)13-27-18(24)10-9-16(22)14-5-7-15(8-6-14)26-12-4-2/h5-8H,3-4,9-13H2,1-2H3,(H2,20,21,23,25). The lowest BCUT2D eigenvalue weighted by Crippen LogP contribution is -2.41. The zero-order chi connectivity index (χ0) is 20.1. The minimum atomic E-state index is -0.731. The van der Waals surface area contributed by atoms with Crippen molar-refractivity contribution < 1.29 is 28.7 Å². The van der Waals surface area contributed by atoms with Gasteiger partial charge in [0.05, 0.1) is 13.0 Å². The molecule has 27 heavy (non-hydrogen) atoms. The number of amides is 3. The summed E-state index contributed by atoms with van der Waals surface area (Å²) in [7, 11) is 0. The van der Waals surface area contributed by atoms with Crippen LogP contribution in [0.5, 0.6) is 5.75 Å². The van der Waals surface area contributed by atoms with Gasteiger partial charge in [0.25, 0.3) is 5.91 Å². The van der Waals surface area contributed by atoms with Crippen LogP contribution in [0.1, 0.15) is 49.9 Å². The fraction of sp³-hybridized carbons (Fsp3) is 0.474. The predicted molar refractivity (Wildman–Crippen MR) is 98.6 cm³/mol. The number of Topliss-reactive ketones (excluding diaryl/α,β-unsaturated/α-hetero) is 1. The highest BCUT2D eigenvalue weighted by atomic mass is 16.5. The topological polar surface area (TPSA) is 111 Å². The van der Waals surface area contributed by atoms with E-state index in [0.29, 0.717) is 24.5 Å². The van der Waals surface area contributed by atoms with Gasteiger partial charge in [-0.05, 0) is 37.1 Å². The number of rotatable bonds is 11. The zero-order valence-electron chi connectivity index (χ0n) is 15.7. The highest BCUT2D eigenvalue weighted by Gasteiger charge is 2.13. The van der Waals surface area contributed by atoms with Crippen molar-refractivity contribution in [2.45, 2.75) is 39.5 Å². The summed E-state index contributed by atoms with van der Waals surface area (Å²) in [6, 6.07) is 6.05. The van der Waals surface area contributed by atoms with Crippen molar-refractivity contribution in [1.29, 1.82) is 0 Å². The van der Waals surface area contributed by atoms with Crippen molar-refractivity contribution in [2.75, 3.05) is 19.8 Å². The van der Waals surface area contributed by atoms with Crippen LogP contribution in [0.3, 0.4) is 0 Å². The van der Waals surface area contributed by atoms with E-state index in [1.54, 1.807) is 24.3 Å². The first kappa shape index (κ1) is 22.1. The lowest BCUT2D eigenvalue weighted by atomic mass is 10.1.